The molecular weight excluding hydrogens is 412 g/mol. The van der Waals surface area contributed by atoms with Crippen LogP contribution in [-0.4, -0.2) is 26.9 Å². The molecule has 1 aliphatic heterocycles. The van der Waals surface area contributed by atoms with E-state index in [1.165, 1.54) is 0 Å². The summed E-state index contributed by atoms with van der Waals surface area (Å²) in [5, 5.41) is 1.13. The Morgan fingerprint density at radius 1 is 0.871 bits per heavy atom. The Bertz CT molecular complexity index is 1050. The molecule has 31 heavy (non-hydrogen) atoms. The lowest BCUT2D eigenvalue weighted by atomic mass is 9.98. The van der Waals surface area contributed by atoms with Gasteiger partial charge in [0.1, 0.15) is 5.82 Å². The summed E-state index contributed by atoms with van der Waals surface area (Å²) in [7, 11) is 1.63. The first kappa shape index (κ1) is 21.7. The molecule has 1 saturated heterocycles. The van der Waals surface area contributed by atoms with Gasteiger partial charge >= 0.3 is 0 Å². The second-order valence-corrected chi connectivity index (χ2v) is 7.71. The quantitative estimate of drug-likeness (QED) is 0.379. The minimum atomic E-state index is -1.50. The van der Waals surface area contributed by atoms with Crippen LogP contribution in [0.1, 0.15) is 23.0 Å². The molecule has 4 rings (SSSR count). The van der Waals surface area contributed by atoms with Crippen LogP contribution in [0.3, 0.4) is 0 Å². The fourth-order valence-electron chi connectivity index (χ4n) is 3.79. The number of halogens is 4. The van der Waals surface area contributed by atoms with Crippen molar-refractivity contribution in [2.45, 2.75) is 19.1 Å². The zero-order valence-corrected chi connectivity index (χ0v) is 17.0. The maximum absolute atomic E-state index is 15.0. The molecule has 1 aliphatic rings. The lowest BCUT2D eigenvalue weighted by molar-refractivity contribution is -0.210. The number of rotatable bonds is 6. The van der Waals surface area contributed by atoms with Crippen LogP contribution in [0.2, 0.25) is 0 Å². The van der Waals surface area contributed by atoms with Crippen molar-refractivity contribution < 1.29 is 31.8 Å². The number of aryl methyl sites for hydroxylation is 2. The lowest BCUT2D eigenvalue weighted by Gasteiger charge is -2.29. The topological polar surface area (TPSA) is 27.7 Å². The van der Waals surface area contributed by atoms with E-state index in [0.717, 1.165) is 17.7 Å². The Hall–Kier alpha value is -2.48. The van der Waals surface area contributed by atoms with E-state index in [-0.39, 0.29) is 24.3 Å². The van der Waals surface area contributed by atoms with Crippen molar-refractivity contribution in [2.24, 2.45) is 5.92 Å². The van der Waals surface area contributed by atoms with Gasteiger partial charge in [-0.1, -0.05) is 24.3 Å². The van der Waals surface area contributed by atoms with Crippen LogP contribution in [0.5, 0.6) is 0 Å². The molecule has 3 aromatic carbocycles. The number of hydrogen-bond donors (Lipinski definition) is 0. The highest BCUT2D eigenvalue weighted by molar-refractivity contribution is 5.84. The second kappa shape index (κ2) is 9.34. The van der Waals surface area contributed by atoms with E-state index < -0.39 is 29.6 Å². The Labute approximate surface area is 177 Å². The van der Waals surface area contributed by atoms with Gasteiger partial charge in [-0.25, -0.2) is 17.6 Å². The fraction of sp³-hybridized carbons (Fsp3) is 0.333. The molecule has 1 fully saturated rings. The number of fused-ring (bicyclic) bond motifs is 1. The fourth-order valence-corrected chi connectivity index (χ4v) is 3.79. The Morgan fingerprint density at radius 2 is 1.58 bits per heavy atom. The van der Waals surface area contributed by atoms with Gasteiger partial charge in [-0.2, -0.15) is 0 Å². The Kier molecular flexibility index (Phi) is 6.55. The summed E-state index contributed by atoms with van der Waals surface area (Å²) in [6.07, 6.45) is -0.103. The maximum Gasteiger partial charge on any atom is 0.194 e. The molecule has 164 valence electrons. The van der Waals surface area contributed by atoms with E-state index in [9.17, 15) is 13.2 Å². The first-order valence-electron chi connectivity index (χ1n) is 10.0. The zero-order chi connectivity index (χ0) is 22.0. The van der Waals surface area contributed by atoms with Gasteiger partial charge in [0.2, 0.25) is 0 Å². The standard InChI is InChI=1S/C24H22F4O3/c1-29-11-15-12-30-24(31-13-15)18-6-7-19-17(10-18)5-4-16(22(19)27)3-2-14-8-20(25)23(28)21(26)9-14/h4-10,15,24H,2-3,11-13H2,1H3. The summed E-state index contributed by atoms with van der Waals surface area (Å²) in [6, 6.07) is 10.6. The van der Waals surface area contributed by atoms with Gasteiger partial charge < -0.3 is 14.2 Å². The van der Waals surface area contributed by atoms with Crippen molar-refractivity contribution >= 4 is 10.8 Å². The molecule has 0 bridgehead atoms. The number of hydrogen-bond acceptors (Lipinski definition) is 3. The average Bonchev–Trinajstić information content (AvgIpc) is 2.77. The van der Waals surface area contributed by atoms with Gasteiger partial charge in [0, 0.05) is 24.0 Å². The number of methoxy groups -OCH3 is 1. The second-order valence-electron chi connectivity index (χ2n) is 7.71. The molecule has 0 saturated carbocycles. The van der Waals surface area contributed by atoms with Crippen LogP contribution in [-0.2, 0) is 27.1 Å². The largest absolute Gasteiger partial charge is 0.384 e. The van der Waals surface area contributed by atoms with Crippen molar-refractivity contribution in [3.63, 3.8) is 0 Å². The van der Waals surface area contributed by atoms with Crippen LogP contribution >= 0.6 is 0 Å². The molecule has 0 radical (unpaired) electrons. The molecule has 0 aliphatic carbocycles. The van der Waals surface area contributed by atoms with Crippen LogP contribution in [0.25, 0.3) is 10.8 Å². The van der Waals surface area contributed by atoms with E-state index in [1.54, 1.807) is 31.4 Å². The molecule has 3 nitrogen and oxygen atoms in total. The van der Waals surface area contributed by atoms with Crippen molar-refractivity contribution in [2.75, 3.05) is 26.9 Å². The van der Waals surface area contributed by atoms with Crippen molar-refractivity contribution in [3.05, 3.63) is 82.4 Å². The third kappa shape index (κ3) is 4.74. The van der Waals surface area contributed by atoms with Crippen LogP contribution in [0, 0.1) is 29.2 Å². The monoisotopic (exact) mass is 434 g/mol. The van der Waals surface area contributed by atoms with Gasteiger partial charge in [-0.15, -0.1) is 0 Å². The predicted molar refractivity (Wildman–Crippen MR) is 108 cm³/mol. The van der Waals surface area contributed by atoms with E-state index in [0.29, 0.717) is 36.2 Å². The van der Waals surface area contributed by atoms with Crippen molar-refractivity contribution in [1.82, 2.24) is 0 Å². The summed E-state index contributed by atoms with van der Waals surface area (Å²) in [4.78, 5) is 0. The highest BCUT2D eigenvalue weighted by Crippen LogP contribution is 2.30. The molecule has 7 heteroatoms. The van der Waals surface area contributed by atoms with Gasteiger partial charge in [-0.05, 0) is 47.6 Å². The summed E-state index contributed by atoms with van der Waals surface area (Å²) in [5.41, 5.74) is 1.48. The highest BCUT2D eigenvalue weighted by Gasteiger charge is 2.24. The Morgan fingerprint density at radius 3 is 2.26 bits per heavy atom. The van der Waals surface area contributed by atoms with E-state index in [4.69, 9.17) is 14.2 Å². The lowest BCUT2D eigenvalue weighted by Crippen LogP contribution is -2.29. The molecule has 3 aromatic rings. The normalized spacial score (nSPS) is 19.1. The third-order valence-corrected chi connectivity index (χ3v) is 5.43. The first-order valence-corrected chi connectivity index (χ1v) is 10.0. The van der Waals surface area contributed by atoms with Crippen LogP contribution < -0.4 is 0 Å². The van der Waals surface area contributed by atoms with Crippen LogP contribution in [0.4, 0.5) is 17.6 Å². The number of benzene rings is 3. The SMILES string of the molecule is COCC1COC(c2ccc3c(F)c(CCc4cc(F)c(F)c(F)c4)ccc3c2)OC1. The van der Waals surface area contributed by atoms with E-state index in [2.05, 4.69) is 0 Å². The average molecular weight is 434 g/mol. The predicted octanol–water partition coefficient (Wildman–Crippen LogP) is 5.49. The number of ether oxygens (including phenoxy) is 3. The van der Waals surface area contributed by atoms with Gasteiger partial charge in [0.05, 0.1) is 19.8 Å². The molecular formula is C24H22F4O3. The van der Waals surface area contributed by atoms with Gasteiger partial charge in [0.15, 0.2) is 23.7 Å². The van der Waals surface area contributed by atoms with Gasteiger partial charge in [0.25, 0.3) is 0 Å². The maximum atomic E-state index is 15.0. The van der Waals surface area contributed by atoms with E-state index in [1.807, 2.05) is 6.07 Å². The molecule has 0 aromatic heterocycles. The van der Waals surface area contributed by atoms with E-state index >= 15 is 4.39 Å². The zero-order valence-electron chi connectivity index (χ0n) is 17.0. The third-order valence-electron chi connectivity index (χ3n) is 5.43. The summed E-state index contributed by atoms with van der Waals surface area (Å²) in [5.74, 6) is -4.21. The minimum Gasteiger partial charge on any atom is -0.384 e. The summed E-state index contributed by atoms with van der Waals surface area (Å²) >= 11 is 0. The smallest absolute Gasteiger partial charge is 0.194 e. The van der Waals surface area contributed by atoms with Crippen molar-refractivity contribution in [1.29, 1.82) is 0 Å². The molecule has 1 heterocycles. The summed E-state index contributed by atoms with van der Waals surface area (Å²) in [6.45, 7) is 1.61. The highest BCUT2D eigenvalue weighted by atomic mass is 19.2. The molecule has 0 unspecified atom stereocenters. The molecule has 0 atom stereocenters. The first-order chi connectivity index (χ1) is 15.0. The molecule has 0 amide bonds. The van der Waals surface area contributed by atoms with Gasteiger partial charge in [-0.3, -0.25) is 0 Å². The summed E-state index contributed by atoms with van der Waals surface area (Å²) < 4.78 is 71.5. The van der Waals surface area contributed by atoms with Crippen LogP contribution in [0.15, 0.2) is 42.5 Å². The van der Waals surface area contributed by atoms with Crippen molar-refractivity contribution in [3.8, 4) is 0 Å². The Balaban J connectivity index is 1.49. The molecule has 0 spiro atoms. The molecule has 0 N–H and O–H groups in total. The minimum absolute atomic E-state index is 0.182.